The first-order valence-electron chi connectivity index (χ1n) is 4.17. The van der Waals surface area contributed by atoms with Crippen LogP contribution in [-0.4, -0.2) is 0 Å². The summed E-state index contributed by atoms with van der Waals surface area (Å²) < 4.78 is 14.4. The predicted molar refractivity (Wildman–Crippen MR) is 50.7 cm³/mol. The van der Waals surface area contributed by atoms with E-state index in [9.17, 15) is 4.39 Å². The van der Waals surface area contributed by atoms with Gasteiger partial charge in [-0.25, -0.2) is 4.39 Å². The zero-order chi connectivity index (χ0) is 8.55. The summed E-state index contributed by atoms with van der Waals surface area (Å²) in [6.07, 6.45) is 1.37. The Bertz CT molecular complexity index is 264. The molecule has 0 bridgehead atoms. The molecule has 0 nitrogen and oxygen atoms in total. The fourth-order valence-corrected chi connectivity index (χ4v) is 1.57. The van der Waals surface area contributed by atoms with E-state index in [0.717, 1.165) is 22.9 Å². The molecular formula is C10H10BrF. The monoisotopic (exact) mass is 228 g/mol. The molecule has 0 N–H and O–H groups in total. The van der Waals surface area contributed by atoms with Crippen molar-refractivity contribution in [2.45, 2.75) is 19.0 Å². The average molecular weight is 229 g/mol. The van der Waals surface area contributed by atoms with Crippen molar-refractivity contribution in [1.82, 2.24) is 0 Å². The second-order valence-corrected chi connectivity index (χ2v) is 4.21. The lowest BCUT2D eigenvalue weighted by Gasteiger charge is -2.05. The molecule has 2 rings (SSSR count). The van der Waals surface area contributed by atoms with Crippen LogP contribution in [0.25, 0.3) is 0 Å². The maximum absolute atomic E-state index is 13.4. The third-order valence-electron chi connectivity index (χ3n) is 2.22. The Balaban J connectivity index is 2.16. The molecule has 0 spiro atoms. The van der Waals surface area contributed by atoms with Crippen molar-refractivity contribution >= 4 is 15.9 Å². The van der Waals surface area contributed by atoms with E-state index >= 15 is 0 Å². The summed E-state index contributed by atoms with van der Waals surface area (Å²) in [5, 5.41) is 0. The highest BCUT2D eigenvalue weighted by Gasteiger charge is 2.32. The summed E-state index contributed by atoms with van der Waals surface area (Å²) in [5.74, 6) is 0.297. The molecule has 64 valence electrons. The Morgan fingerprint density at radius 1 is 1.25 bits per heavy atom. The van der Waals surface area contributed by atoms with Crippen LogP contribution in [0.5, 0.6) is 0 Å². The van der Waals surface area contributed by atoms with Gasteiger partial charge in [0, 0.05) is 4.47 Å². The molecule has 12 heavy (non-hydrogen) atoms. The Morgan fingerprint density at radius 2 is 1.83 bits per heavy atom. The maximum Gasteiger partial charge on any atom is 0.128 e. The molecule has 2 heteroatoms. The number of hydrogen-bond donors (Lipinski definition) is 0. The summed E-state index contributed by atoms with van der Waals surface area (Å²) in [6, 6.07) is 7.49. The van der Waals surface area contributed by atoms with Crippen molar-refractivity contribution in [3.63, 3.8) is 0 Å². The lowest BCUT2D eigenvalue weighted by Crippen LogP contribution is -1.92. The molecule has 1 aliphatic rings. The summed E-state index contributed by atoms with van der Waals surface area (Å²) in [6.45, 7) is 0. The van der Waals surface area contributed by atoms with Crippen LogP contribution in [0.1, 0.15) is 24.6 Å². The van der Waals surface area contributed by atoms with E-state index in [0.29, 0.717) is 5.92 Å². The minimum absolute atomic E-state index is 0.297. The van der Waals surface area contributed by atoms with Crippen LogP contribution < -0.4 is 0 Å². The molecule has 0 aliphatic heterocycles. The van der Waals surface area contributed by atoms with Crippen molar-refractivity contribution in [2.24, 2.45) is 5.92 Å². The van der Waals surface area contributed by atoms with Gasteiger partial charge in [0.1, 0.15) is 6.17 Å². The molecule has 0 saturated heterocycles. The molecule has 1 aliphatic carbocycles. The lowest BCUT2D eigenvalue weighted by atomic mass is 10.1. The molecule has 0 amide bonds. The highest BCUT2D eigenvalue weighted by Crippen LogP contribution is 2.43. The van der Waals surface area contributed by atoms with E-state index in [-0.39, 0.29) is 0 Å². The van der Waals surface area contributed by atoms with E-state index in [1.54, 1.807) is 0 Å². The minimum Gasteiger partial charge on any atom is -0.242 e. The van der Waals surface area contributed by atoms with Gasteiger partial charge in [0.25, 0.3) is 0 Å². The SMILES string of the molecule is FC(c1ccc(Br)cc1)C1CC1. The number of halogens is 2. The smallest absolute Gasteiger partial charge is 0.128 e. The Labute approximate surface area is 79.9 Å². The Hall–Kier alpha value is -0.370. The number of benzene rings is 1. The van der Waals surface area contributed by atoms with Gasteiger partial charge < -0.3 is 0 Å². The molecule has 1 atom stereocenters. The number of rotatable bonds is 2. The lowest BCUT2D eigenvalue weighted by molar-refractivity contribution is 0.306. The molecule has 0 aromatic heterocycles. The summed E-state index contributed by atoms with van der Waals surface area (Å²) in [4.78, 5) is 0. The first kappa shape index (κ1) is 8.24. The van der Waals surface area contributed by atoms with Crippen LogP contribution in [0, 0.1) is 5.92 Å². The van der Waals surface area contributed by atoms with Gasteiger partial charge in [-0.05, 0) is 36.5 Å². The first-order valence-corrected chi connectivity index (χ1v) is 4.96. The largest absolute Gasteiger partial charge is 0.242 e. The van der Waals surface area contributed by atoms with Gasteiger partial charge in [0.15, 0.2) is 0 Å². The molecule has 0 radical (unpaired) electrons. The van der Waals surface area contributed by atoms with E-state index in [4.69, 9.17) is 0 Å². The van der Waals surface area contributed by atoms with Crippen molar-refractivity contribution in [3.8, 4) is 0 Å². The number of hydrogen-bond acceptors (Lipinski definition) is 0. The summed E-state index contributed by atoms with van der Waals surface area (Å²) in [5.41, 5.74) is 0.820. The second kappa shape index (κ2) is 3.17. The zero-order valence-electron chi connectivity index (χ0n) is 6.63. The van der Waals surface area contributed by atoms with Crippen LogP contribution in [-0.2, 0) is 0 Å². The van der Waals surface area contributed by atoms with Crippen LogP contribution in [0.3, 0.4) is 0 Å². The third kappa shape index (κ3) is 1.69. The van der Waals surface area contributed by atoms with Gasteiger partial charge in [0.2, 0.25) is 0 Å². The molecular weight excluding hydrogens is 219 g/mol. The summed E-state index contributed by atoms with van der Waals surface area (Å²) >= 11 is 3.32. The van der Waals surface area contributed by atoms with Gasteiger partial charge in [-0.2, -0.15) is 0 Å². The van der Waals surface area contributed by atoms with Crippen LogP contribution >= 0.6 is 15.9 Å². The van der Waals surface area contributed by atoms with E-state index in [2.05, 4.69) is 15.9 Å². The third-order valence-corrected chi connectivity index (χ3v) is 2.75. The maximum atomic E-state index is 13.4. The first-order chi connectivity index (χ1) is 5.77. The fraction of sp³-hybridized carbons (Fsp3) is 0.400. The van der Waals surface area contributed by atoms with Crippen LogP contribution in [0.4, 0.5) is 4.39 Å². The molecule has 0 heterocycles. The van der Waals surface area contributed by atoms with E-state index in [1.807, 2.05) is 24.3 Å². The number of alkyl halides is 1. The Kier molecular flexibility index (Phi) is 2.18. The normalized spacial score (nSPS) is 19.2. The standard InChI is InChI=1S/C10H10BrF/c11-9-5-3-8(4-6-9)10(12)7-1-2-7/h3-7,10H,1-2H2. The van der Waals surface area contributed by atoms with Crippen molar-refractivity contribution in [2.75, 3.05) is 0 Å². The van der Waals surface area contributed by atoms with Crippen LogP contribution in [0.15, 0.2) is 28.7 Å². The quantitative estimate of drug-likeness (QED) is 0.722. The van der Waals surface area contributed by atoms with E-state index < -0.39 is 6.17 Å². The fourth-order valence-electron chi connectivity index (χ4n) is 1.31. The summed E-state index contributed by atoms with van der Waals surface area (Å²) in [7, 11) is 0. The van der Waals surface area contributed by atoms with Crippen LogP contribution in [0.2, 0.25) is 0 Å². The molecule has 1 fully saturated rings. The van der Waals surface area contributed by atoms with Gasteiger partial charge in [-0.1, -0.05) is 28.1 Å². The molecule has 1 unspecified atom stereocenters. The van der Waals surface area contributed by atoms with Crippen molar-refractivity contribution in [3.05, 3.63) is 34.3 Å². The second-order valence-electron chi connectivity index (χ2n) is 3.29. The zero-order valence-corrected chi connectivity index (χ0v) is 8.22. The molecule has 1 aromatic carbocycles. The van der Waals surface area contributed by atoms with Gasteiger partial charge in [-0.3, -0.25) is 0 Å². The highest BCUT2D eigenvalue weighted by molar-refractivity contribution is 9.10. The molecule has 1 aromatic rings. The van der Waals surface area contributed by atoms with Crippen molar-refractivity contribution in [1.29, 1.82) is 0 Å². The van der Waals surface area contributed by atoms with Crippen molar-refractivity contribution < 1.29 is 4.39 Å². The van der Waals surface area contributed by atoms with Gasteiger partial charge >= 0.3 is 0 Å². The highest BCUT2D eigenvalue weighted by atomic mass is 79.9. The average Bonchev–Trinajstić information content (AvgIpc) is 2.87. The molecule has 1 saturated carbocycles. The van der Waals surface area contributed by atoms with E-state index in [1.165, 1.54) is 0 Å². The van der Waals surface area contributed by atoms with Gasteiger partial charge in [0.05, 0.1) is 0 Å². The Morgan fingerprint density at radius 3 is 2.33 bits per heavy atom. The minimum atomic E-state index is -0.738. The van der Waals surface area contributed by atoms with Gasteiger partial charge in [-0.15, -0.1) is 0 Å². The predicted octanol–water partition coefficient (Wildman–Crippen LogP) is 3.87. The topological polar surface area (TPSA) is 0 Å².